The van der Waals surface area contributed by atoms with Gasteiger partial charge in [0.1, 0.15) is 11.4 Å². The second-order valence-electron chi connectivity index (χ2n) is 5.71. The summed E-state index contributed by atoms with van der Waals surface area (Å²) in [5.41, 5.74) is 0.623. The van der Waals surface area contributed by atoms with Crippen molar-refractivity contribution in [3.8, 4) is 5.75 Å². The zero-order valence-corrected chi connectivity index (χ0v) is 11.9. The van der Waals surface area contributed by atoms with E-state index in [1.54, 1.807) is 0 Å². The van der Waals surface area contributed by atoms with E-state index in [1.165, 1.54) is 7.11 Å². The van der Waals surface area contributed by atoms with Gasteiger partial charge in [-0.25, -0.2) is 4.79 Å². The van der Waals surface area contributed by atoms with Gasteiger partial charge in [0.05, 0.1) is 13.7 Å². The molecule has 106 valence electrons. The third-order valence-corrected chi connectivity index (χ3v) is 4.11. The molecule has 1 aromatic carbocycles. The zero-order chi connectivity index (χ0) is 14.3. The molecule has 4 heteroatoms. The number of fused-ring (bicyclic) bond motifs is 3. The number of hydrogen-bond acceptors (Lipinski definition) is 4. The highest BCUT2D eigenvalue weighted by molar-refractivity contribution is 5.86. The molecule has 2 atom stereocenters. The van der Waals surface area contributed by atoms with Gasteiger partial charge in [-0.1, -0.05) is 18.2 Å². The Hall–Kier alpha value is -1.97. The van der Waals surface area contributed by atoms with Crippen molar-refractivity contribution in [2.24, 2.45) is 5.92 Å². The van der Waals surface area contributed by atoms with Gasteiger partial charge in [-0.2, -0.15) is 0 Å². The first-order valence-electron chi connectivity index (χ1n) is 6.74. The second-order valence-corrected chi connectivity index (χ2v) is 5.71. The fourth-order valence-electron chi connectivity index (χ4n) is 2.99. The molecule has 0 spiro atoms. The topological polar surface area (TPSA) is 44.8 Å². The zero-order valence-electron chi connectivity index (χ0n) is 11.9. The maximum absolute atomic E-state index is 11.8. The molecule has 2 aliphatic heterocycles. The lowest BCUT2D eigenvalue weighted by Gasteiger charge is -2.45. The van der Waals surface area contributed by atoms with Crippen LogP contribution in [0.3, 0.4) is 0 Å². The molecule has 0 bridgehead atoms. The summed E-state index contributed by atoms with van der Waals surface area (Å²) in [6.07, 6.45) is 1.86. The highest BCUT2D eigenvalue weighted by Gasteiger charge is 2.46. The molecule has 0 saturated carbocycles. The van der Waals surface area contributed by atoms with Crippen molar-refractivity contribution in [2.75, 3.05) is 13.7 Å². The third kappa shape index (κ3) is 1.96. The summed E-state index contributed by atoms with van der Waals surface area (Å²) in [6, 6.07) is 7.94. The van der Waals surface area contributed by atoms with Gasteiger partial charge in [0.15, 0.2) is 0 Å². The minimum atomic E-state index is -0.476. The minimum Gasteiger partial charge on any atom is -0.493 e. The van der Waals surface area contributed by atoms with Gasteiger partial charge < -0.3 is 14.2 Å². The average Bonchev–Trinajstić information content (AvgIpc) is 2.45. The van der Waals surface area contributed by atoms with Crippen LogP contribution in [0.5, 0.6) is 5.75 Å². The van der Waals surface area contributed by atoms with Gasteiger partial charge >= 0.3 is 5.97 Å². The van der Waals surface area contributed by atoms with E-state index in [4.69, 9.17) is 14.2 Å². The van der Waals surface area contributed by atoms with E-state index >= 15 is 0 Å². The molecule has 0 aliphatic carbocycles. The number of hydrogen-bond donors (Lipinski definition) is 0. The van der Waals surface area contributed by atoms with Crippen LogP contribution in [0.4, 0.5) is 0 Å². The first kappa shape index (κ1) is 13.0. The van der Waals surface area contributed by atoms with Crippen molar-refractivity contribution in [3.63, 3.8) is 0 Å². The summed E-state index contributed by atoms with van der Waals surface area (Å²) in [6.45, 7) is 4.55. The van der Waals surface area contributed by atoms with Gasteiger partial charge in [0.25, 0.3) is 0 Å². The van der Waals surface area contributed by atoms with Crippen molar-refractivity contribution in [1.29, 1.82) is 0 Å². The highest BCUT2D eigenvalue weighted by atomic mass is 16.6. The second kappa shape index (κ2) is 4.54. The lowest BCUT2D eigenvalue weighted by atomic mass is 9.73. The number of rotatable bonds is 1. The van der Waals surface area contributed by atoms with E-state index in [-0.39, 0.29) is 17.6 Å². The molecule has 0 N–H and O–H groups in total. The number of para-hydroxylation sites is 1. The Morgan fingerprint density at radius 2 is 2.10 bits per heavy atom. The van der Waals surface area contributed by atoms with E-state index in [0.29, 0.717) is 6.61 Å². The molecule has 0 fully saturated rings. The predicted molar refractivity (Wildman–Crippen MR) is 73.4 cm³/mol. The molecule has 0 radical (unpaired) electrons. The quantitative estimate of drug-likeness (QED) is 0.738. The van der Waals surface area contributed by atoms with Gasteiger partial charge in [-0.15, -0.1) is 0 Å². The number of carbonyl (C=O) groups is 1. The monoisotopic (exact) mass is 274 g/mol. The van der Waals surface area contributed by atoms with Crippen LogP contribution >= 0.6 is 0 Å². The normalized spacial score (nSPS) is 26.2. The predicted octanol–water partition coefficient (Wildman–Crippen LogP) is 2.64. The number of carbonyl (C=O) groups excluding carboxylic acids is 1. The third-order valence-electron chi connectivity index (χ3n) is 4.11. The average molecular weight is 274 g/mol. The van der Waals surface area contributed by atoms with E-state index in [2.05, 4.69) is 0 Å². The number of ether oxygens (including phenoxy) is 3. The standard InChI is InChI=1S/C16H18O4/c1-16(2)12-9-19-13-7-5-4-6-10(13)11(12)8-14(20-16)15(17)18-3/h4-8,11-12H,9H2,1-3H3/t11-,12-/m0/s1. The molecule has 2 heterocycles. The Bertz CT molecular complexity index is 574. The van der Waals surface area contributed by atoms with Gasteiger partial charge in [0.2, 0.25) is 5.76 Å². The minimum absolute atomic E-state index is 0.109. The largest absolute Gasteiger partial charge is 0.493 e. The molecule has 0 amide bonds. The van der Waals surface area contributed by atoms with Crippen LogP contribution in [0, 0.1) is 5.92 Å². The first-order valence-corrected chi connectivity index (χ1v) is 6.74. The molecule has 0 aromatic heterocycles. The van der Waals surface area contributed by atoms with Gasteiger partial charge in [-0.05, 0) is 26.0 Å². The molecular weight excluding hydrogens is 256 g/mol. The number of benzene rings is 1. The summed E-state index contributed by atoms with van der Waals surface area (Å²) < 4.78 is 16.4. The molecule has 3 rings (SSSR count). The Morgan fingerprint density at radius 3 is 2.85 bits per heavy atom. The fraction of sp³-hybridized carbons (Fsp3) is 0.438. The van der Waals surface area contributed by atoms with E-state index < -0.39 is 11.6 Å². The van der Waals surface area contributed by atoms with Crippen molar-refractivity contribution < 1.29 is 19.0 Å². The number of methoxy groups -OCH3 is 1. The lowest BCUT2D eigenvalue weighted by molar-refractivity contribution is -0.147. The molecule has 2 aliphatic rings. The summed E-state index contributed by atoms with van der Waals surface area (Å²) >= 11 is 0. The number of esters is 1. The molecule has 0 saturated heterocycles. The summed E-state index contributed by atoms with van der Waals surface area (Å²) in [5.74, 6) is 1.02. The van der Waals surface area contributed by atoms with Crippen molar-refractivity contribution in [1.82, 2.24) is 0 Å². The van der Waals surface area contributed by atoms with Gasteiger partial charge in [0, 0.05) is 17.4 Å². The van der Waals surface area contributed by atoms with Crippen LogP contribution in [0.15, 0.2) is 36.1 Å². The Kier molecular flexibility index (Phi) is 2.96. The maximum Gasteiger partial charge on any atom is 0.373 e. The van der Waals surface area contributed by atoms with E-state index in [9.17, 15) is 4.79 Å². The molecule has 4 nitrogen and oxygen atoms in total. The van der Waals surface area contributed by atoms with Crippen LogP contribution in [-0.4, -0.2) is 25.3 Å². The van der Waals surface area contributed by atoms with Crippen molar-refractivity contribution in [3.05, 3.63) is 41.7 Å². The summed E-state index contributed by atoms with van der Waals surface area (Å²) in [4.78, 5) is 11.8. The smallest absolute Gasteiger partial charge is 0.373 e. The van der Waals surface area contributed by atoms with Crippen LogP contribution in [0.25, 0.3) is 0 Å². The van der Waals surface area contributed by atoms with Crippen molar-refractivity contribution in [2.45, 2.75) is 25.4 Å². The molecule has 1 aromatic rings. The van der Waals surface area contributed by atoms with Crippen LogP contribution in [-0.2, 0) is 14.3 Å². The Balaban J connectivity index is 2.08. The molecule has 0 unspecified atom stereocenters. The molecule has 20 heavy (non-hydrogen) atoms. The Morgan fingerprint density at radius 1 is 1.35 bits per heavy atom. The van der Waals surface area contributed by atoms with Gasteiger partial charge in [-0.3, -0.25) is 0 Å². The fourth-order valence-corrected chi connectivity index (χ4v) is 2.99. The highest BCUT2D eigenvalue weighted by Crippen LogP contribution is 2.47. The van der Waals surface area contributed by atoms with Crippen LogP contribution < -0.4 is 4.74 Å². The maximum atomic E-state index is 11.8. The van der Waals surface area contributed by atoms with Crippen LogP contribution in [0.2, 0.25) is 0 Å². The first-order chi connectivity index (χ1) is 9.53. The van der Waals surface area contributed by atoms with E-state index in [0.717, 1.165) is 11.3 Å². The Labute approximate surface area is 118 Å². The summed E-state index contributed by atoms with van der Waals surface area (Å²) in [5, 5.41) is 0. The number of allylic oxidation sites excluding steroid dienone is 1. The van der Waals surface area contributed by atoms with Crippen molar-refractivity contribution >= 4 is 5.97 Å². The summed E-state index contributed by atoms with van der Waals surface area (Å²) in [7, 11) is 1.36. The van der Waals surface area contributed by atoms with Crippen LogP contribution in [0.1, 0.15) is 25.3 Å². The van der Waals surface area contributed by atoms with E-state index in [1.807, 2.05) is 44.2 Å². The molecular formula is C16H18O4. The SMILES string of the molecule is COC(=O)C1=C[C@H]2c3ccccc3OC[C@@H]2C(C)(C)O1. The lowest BCUT2D eigenvalue weighted by Crippen LogP contribution is -2.46.